The molecule has 4 nitrogen and oxygen atoms in total. The lowest BCUT2D eigenvalue weighted by Crippen LogP contribution is -2.64. The summed E-state index contributed by atoms with van der Waals surface area (Å²) in [5.41, 5.74) is 0. The quantitative estimate of drug-likeness (QED) is 0.766. The van der Waals surface area contributed by atoms with Crippen molar-refractivity contribution in [2.24, 2.45) is 5.92 Å². The van der Waals surface area contributed by atoms with Gasteiger partial charge in [0.1, 0.15) is 12.1 Å². The third-order valence-electron chi connectivity index (χ3n) is 3.46. The first-order chi connectivity index (χ1) is 8.92. The summed E-state index contributed by atoms with van der Waals surface area (Å²) in [6.07, 6.45) is 7.80. The van der Waals surface area contributed by atoms with Gasteiger partial charge < -0.3 is 10.2 Å². The summed E-state index contributed by atoms with van der Waals surface area (Å²) in [7, 11) is 0. The highest BCUT2D eigenvalue weighted by Crippen LogP contribution is 2.20. The molecular formula is C15H24N2O2. The summed E-state index contributed by atoms with van der Waals surface area (Å²) in [4.78, 5) is 26.1. The third kappa shape index (κ3) is 3.50. The van der Waals surface area contributed by atoms with Gasteiger partial charge in [0.15, 0.2) is 0 Å². The van der Waals surface area contributed by atoms with Crippen LogP contribution in [0.2, 0.25) is 0 Å². The van der Waals surface area contributed by atoms with Gasteiger partial charge in [-0.15, -0.1) is 6.42 Å². The standard InChI is InChI=1S/C15H24N2O2/c1-6-8-12(7-2)17-11(5)14(18)16-13(15(17)19)9-10(3)4/h2,10-13H,6,8-9H2,1,3-5H3,(H,16,18). The number of hydrogen-bond acceptors (Lipinski definition) is 2. The Balaban J connectivity index is 2.95. The molecule has 106 valence electrons. The van der Waals surface area contributed by atoms with Crippen molar-refractivity contribution in [3.05, 3.63) is 0 Å². The number of terminal acetylenes is 1. The van der Waals surface area contributed by atoms with E-state index in [1.807, 2.05) is 20.8 Å². The van der Waals surface area contributed by atoms with Gasteiger partial charge >= 0.3 is 0 Å². The van der Waals surface area contributed by atoms with Crippen LogP contribution in [0.4, 0.5) is 0 Å². The first-order valence-electron chi connectivity index (χ1n) is 7.01. The molecule has 4 heteroatoms. The molecule has 0 aromatic carbocycles. The molecule has 1 heterocycles. The van der Waals surface area contributed by atoms with E-state index < -0.39 is 12.1 Å². The lowest BCUT2D eigenvalue weighted by Gasteiger charge is -2.40. The van der Waals surface area contributed by atoms with Crippen molar-refractivity contribution in [1.82, 2.24) is 10.2 Å². The van der Waals surface area contributed by atoms with Crippen LogP contribution < -0.4 is 5.32 Å². The molecule has 2 amide bonds. The second-order valence-corrected chi connectivity index (χ2v) is 5.58. The SMILES string of the molecule is C#CC(CCC)N1C(=O)C(CC(C)C)NC(=O)C1C. The van der Waals surface area contributed by atoms with E-state index >= 15 is 0 Å². The summed E-state index contributed by atoms with van der Waals surface area (Å²) in [5.74, 6) is 2.85. The van der Waals surface area contributed by atoms with Crippen LogP contribution in [0, 0.1) is 18.3 Å². The Morgan fingerprint density at radius 3 is 2.53 bits per heavy atom. The second-order valence-electron chi connectivity index (χ2n) is 5.58. The van der Waals surface area contributed by atoms with Crippen molar-refractivity contribution >= 4 is 11.8 Å². The third-order valence-corrected chi connectivity index (χ3v) is 3.46. The molecule has 0 aromatic heterocycles. The topological polar surface area (TPSA) is 49.4 Å². The molecule has 1 N–H and O–H groups in total. The number of hydrogen-bond donors (Lipinski definition) is 1. The van der Waals surface area contributed by atoms with E-state index in [2.05, 4.69) is 11.2 Å². The molecule has 0 radical (unpaired) electrons. The number of rotatable bonds is 5. The zero-order valence-electron chi connectivity index (χ0n) is 12.3. The van der Waals surface area contributed by atoms with E-state index in [0.717, 1.165) is 12.8 Å². The van der Waals surface area contributed by atoms with Crippen molar-refractivity contribution in [3.8, 4) is 12.3 Å². The van der Waals surface area contributed by atoms with Gasteiger partial charge in [-0.2, -0.15) is 0 Å². The minimum absolute atomic E-state index is 0.0443. The van der Waals surface area contributed by atoms with Crippen LogP contribution in [0.15, 0.2) is 0 Å². The van der Waals surface area contributed by atoms with Crippen LogP contribution in [-0.4, -0.2) is 34.8 Å². The number of nitrogens with zero attached hydrogens (tertiary/aromatic N) is 1. The van der Waals surface area contributed by atoms with Crippen LogP contribution >= 0.6 is 0 Å². The average molecular weight is 264 g/mol. The van der Waals surface area contributed by atoms with Gasteiger partial charge in [0.05, 0.1) is 6.04 Å². The molecule has 1 saturated heterocycles. The number of nitrogens with one attached hydrogen (secondary N) is 1. The molecule has 3 unspecified atom stereocenters. The fraction of sp³-hybridized carbons (Fsp3) is 0.733. The fourth-order valence-electron chi connectivity index (χ4n) is 2.48. The maximum atomic E-state index is 12.5. The van der Waals surface area contributed by atoms with Gasteiger partial charge in [-0.3, -0.25) is 9.59 Å². The molecule has 1 fully saturated rings. The molecule has 0 aromatic rings. The molecule has 19 heavy (non-hydrogen) atoms. The smallest absolute Gasteiger partial charge is 0.246 e. The van der Waals surface area contributed by atoms with Crippen molar-refractivity contribution in [2.45, 2.75) is 65.1 Å². The van der Waals surface area contributed by atoms with Crippen LogP contribution in [-0.2, 0) is 9.59 Å². The predicted octanol–water partition coefficient (Wildman–Crippen LogP) is 1.55. The van der Waals surface area contributed by atoms with E-state index in [0.29, 0.717) is 12.3 Å². The summed E-state index contributed by atoms with van der Waals surface area (Å²) < 4.78 is 0. The lowest BCUT2D eigenvalue weighted by atomic mass is 9.96. The molecule has 0 saturated carbocycles. The zero-order valence-corrected chi connectivity index (χ0v) is 12.3. The Morgan fingerprint density at radius 1 is 1.42 bits per heavy atom. The van der Waals surface area contributed by atoms with Gasteiger partial charge in [-0.1, -0.05) is 33.1 Å². The highest BCUT2D eigenvalue weighted by Gasteiger charge is 2.40. The molecule has 0 bridgehead atoms. The van der Waals surface area contributed by atoms with E-state index in [9.17, 15) is 9.59 Å². The van der Waals surface area contributed by atoms with E-state index in [-0.39, 0.29) is 17.9 Å². The number of amides is 2. The molecule has 0 spiro atoms. The first kappa shape index (κ1) is 15.6. The fourth-order valence-corrected chi connectivity index (χ4v) is 2.48. The van der Waals surface area contributed by atoms with Gasteiger partial charge in [0.2, 0.25) is 11.8 Å². The predicted molar refractivity (Wildman–Crippen MR) is 75.2 cm³/mol. The van der Waals surface area contributed by atoms with Crippen molar-refractivity contribution in [2.75, 3.05) is 0 Å². The highest BCUT2D eigenvalue weighted by atomic mass is 16.2. The molecule has 0 aliphatic carbocycles. The molecule has 1 aliphatic rings. The minimum Gasteiger partial charge on any atom is -0.343 e. The largest absolute Gasteiger partial charge is 0.343 e. The monoisotopic (exact) mass is 264 g/mol. The molecule has 3 atom stereocenters. The second kappa shape index (κ2) is 6.60. The van der Waals surface area contributed by atoms with E-state index in [1.54, 1.807) is 11.8 Å². The van der Waals surface area contributed by atoms with Crippen LogP contribution in [0.5, 0.6) is 0 Å². The normalized spacial score (nSPS) is 25.2. The molecule has 1 aliphatic heterocycles. The minimum atomic E-state index is -0.483. The Morgan fingerprint density at radius 2 is 2.05 bits per heavy atom. The summed E-state index contributed by atoms with van der Waals surface area (Å²) >= 11 is 0. The first-order valence-corrected chi connectivity index (χ1v) is 7.01. The Hall–Kier alpha value is -1.50. The average Bonchev–Trinajstić information content (AvgIpc) is 2.34. The van der Waals surface area contributed by atoms with Gasteiger partial charge in [-0.05, 0) is 25.7 Å². The number of carbonyl (C=O) groups is 2. The van der Waals surface area contributed by atoms with Crippen LogP contribution in [0.3, 0.4) is 0 Å². The van der Waals surface area contributed by atoms with E-state index in [1.165, 1.54) is 0 Å². The van der Waals surface area contributed by atoms with Crippen LogP contribution in [0.25, 0.3) is 0 Å². The Labute approximate surface area is 115 Å². The van der Waals surface area contributed by atoms with Gasteiger partial charge in [0, 0.05) is 0 Å². The lowest BCUT2D eigenvalue weighted by molar-refractivity contribution is -0.150. The van der Waals surface area contributed by atoms with Gasteiger partial charge in [-0.25, -0.2) is 0 Å². The summed E-state index contributed by atoms with van der Waals surface area (Å²) in [5, 5.41) is 2.80. The van der Waals surface area contributed by atoms with Crippen LogP contribution in [0.1, 0.15) is 47.0 Å². The van der Waals surface area contributed by atoms with Crippen molar-refractivity contribution < 1.29 is 9.59 Å². The zero-order chi connectivity index (χ0) is 14.6. The summed E-state index contributed by atoms with van der Waals surface area (Å²) in [6.45, 7) is 7.83. The Bertz CT molecular complexity index is 384. The van der Waals surface area contributed by atoms with Gasteiger partial charge in [0.25, 0.3) is 0 Å². The van der Waals surface area contributed by atoms with E-state index in [4.69, 9.17) is 6.42 Å². The van der Waals surface area contributed by atoms with Crippen molar-refractivity contribution in [3.63, 3.8) is 0 Å². The Kier molecular flexibility index (Phi) is 5.41. The molecule has 1 rings (SSSR count). The maximum Gasteiger partial charge on any atom is 0.246 e. The summed E-state index contributed by atoms with van der Waals surface area (Å²) in [6, 6.07) is -1.20. The number of piperazine rings is 1. The molecular weight excluding hydrogens is 240 g/mol. The number of carbonyl (C=O) groups excluding carboxylic acids is 2. The highest BCUT2D eigenvalue weighted by molar-refractivity contribution is 5.97. The maximum absolute atomic E-state index is 12.5. The van der Waals surface area contributed by atoms with Crippen molar-refractivity contribution in [1.29, 1.82) is 0 Å².